The van der Waals surface area contributed by atoms with Crippen molar-refractivity contribution in [2.75, 3.05) is 6.54 Å². The maximum atomic E-state index is 12.3. The zero-order valence-corrected chi connectivity index (χ0v) is 13.0. The van der Waals surface area contributed by atoms with E-state index >= 15 is 0 Å². The largest absolute Gasteiger partial charge is 0.345 e. The van der Waals surface area contributed by atoms with Crippen LogP contribution in [0.5, 0.6) is 0 Å². The van der Waals surface area contributed by atoms with Crippen molar-refractivity contribution >= 4 is 11.8 Å². The number of nitrogens with zero attached hydrogens (tertiary/aromatic N) is 1. The van der Waals surface area contributed by atoms with Crippen LogP contribution in [0.25, 0.3) is 0 Å². The monoisotopic (exact) mass is 288 g/mol. The van der Waals surface area contributed by atoms with Gasteiger partial charge in [0.1, 0.15) is 6.04 Å². The summed E-state index contributed by atoms with van der Waals surface area (Å²) < 4.78 is 0. The molecule has 4 nitrogen and oxygen atoms in total. The standard InChI is InChI=1S/C17H24N2O2/c1-4-12(2)10-13(3)19-15(20)11-18-17(21)16(19)14-8-6-5-7-9-14/h5-9,12-13,16H,4,10-11H2,1-3H3,(H,18,21). The molecule has 1 N–H and O–H groups in total. The van der Waals surface area contributed by atoms with Gasteiger partial charge in [-0.2, -0.15) is 0 Å². The zero-order valence-electron chi connectivity index (χ0n) is 13.0. The van der Waals surface area contributed by atoms with Crippen molar-refractivity contribution in [1.29, 1.82) is 0 Å². The van der Waals surface area contributed by atoms with Gasteiger partial charge in [0, 0.05) is 6.04 Å². The smallest absolute Gasteiger partial charge is 0.247 e. The predicted octanol–water partition coefficient (Wildman–Crippen LogP) is 2.51. The number of benzene rings is 1. The van der Waals surface area contributed by atoms with Crippen LogP contribution in [0, 0.1) is 5.92 Å². The normalized spacial score (nSPS) is 21.9. The van der Waals surface area contributed by atoms with Crippen LogP contribution >= 0.6 is 0 Å². The second-order valence-corrected chi connectivity index (χ2v) is 5.93. The lowest BCUT2D eigenvalue weighted by atomic mass is 9.95. The molecule has 1 saturated heterocycles. The topological polar surface area (TPSA) is 49.4 Å². The maximum Gasteiger partial charge on any atom is 0.247 e. The lowest BCUT2D eigenvalue weighted by molar-refractivity contribution is -0.148. The zero-order chi connectivity index (χ0) is 15.4. The first kappa shape index (κ1) is 15.5. The predicted molar refractivity (Wildman–Crippen MR) is 82.6 cm³/mol. The highest BCUT2D eigenvalue weighted by Gasteiger charge is 2.38. The van der Waals surface area contributed by atoms with E-state index in [-0.39, 0.29) is 24.4 Å². The molecule has 21 heavy (non-hydrogen) atoms. The molecule has 0 aromatic heterocycles. The van der Waals surface area contributed by atoms with Gasteiger partial charge >= 0.3 is 0 Å². The van der Waals surface area contributed by atoms with Gasteiger partial charge < -0.3 is 10.2 Å². The van der Waals surface area contributed by atoms with Crippen LogP contribution in [0.1, 0.15) is 45.2 Å². The number of nitrogens with one attached hydrogen (secondary N) is 1. The van der Waals surface area contributed by atoms with E-state index in [2.05, 4.69) is 19.2 Å². The third kappa shape index (κ3) is 3.43. The molecule has 1 aromatic rings. The third-order valence-corrected chi connectivity index (χ3v) is 4.26. The van der Waals surface area contributed by atoms with E-state index < -0.39 is 6.04 Å². The molecule has 0 aliphatic carbocycles. The average molecular weight is 288 g/mol. The number of carbonyl (C=O) groups excluding carboxylic acids is 2. The minimum atomic E-state index is -0.508. The highest BCUT2D eigenvalue weighted by atomic mass is 16.2. The first-order valence-corrected chi connectivity index (χ1v) is 7.68. The van der Waals surface area contributed by atoms with Gasteiger partial charge in [-0.05, 0) is 24.8 Å². The number of hydrogen-bond donors (Lipinski definition) is 1. The van der Waals surface area contributed by atoms with Crippen LogP contribution in [0.2, 0.25) is 0 Å². The van der Waals surface area contributed by atoms with Crippen LogP contribution in [0.15, 0.2) is 30.3 Å². The van der Waals surface area contributed by atoms with Gasteiger partial charge in [0.05, 0.1) is 6.54 Å². The van der Waals surface area contributed by atoms with Crippen molar-refractivity contribution in [2.24, 2.45) is 5.92 Å². The molecule has 0 saturated carbocycles. The molecule has 0 spiro atoms. The Morgan fingerprint density at radius 3 is 2.52 bits per heavy atom. The highest BCUT2D eigenvalue weighted by Crippen LogP contribution is 2.28. The molecule has 4 heteroatoms. The number of piperazine rings is 1. The van der Waals surface area contributed by atoms with E-state index in [9.17, 15) is 9.59 Å². The van der Waals surface area contributed by atoms with Crippen LogP contribution in [-0.4, -0.2) is 29.3 Å². The second-order valence-electron chi connectivity index (χ2n) is 5.93. The van der Waals surface area contributed by atoms with Crippen molar-refractivity contribution in [2.45, 2.75) is 45.7 Å². The van der Waals surface area contributed by atoms with Crippen molar-refractivity contribution in [3.05, 3.63) is 35.9 Å². The van der Waals surface area contributed by atoms with Gasteiger partial charge in [-0.25, -0.2) is 0 Å². The van der Waals surface area contributed by atoms with Crippen LogP contribution < -0.4 is 5.32 Å². The molecule has 3 atom stereocenters. The molecule has 0 radical (unpaired) electrons. The van der Waals surface area contributed by atoms with E-state index in [0.717, 1.165) is 18.4 Å². The van der Waals surface area contributed by atoms with Crippen molar-refractivity contribution in [3.8, 4) is 0 Å². The Hall–Kier alpha value is -1.84. The highest BCUT2D eigenvalue weighted by molar-refractivity contribution is 5.95. The van der Waals surface area contributed by atoms with Crippen LogP contribution in [-0.2, 0) is 9.59 Å². The van der Waals surface area contributed by atoms with Gasteiger partial charge in [0.25, 0.3) is 0 Å². The minimum absolute atomic E-state index is 0.000689. The Labute approximate surface area is 126 Å². The molecular weight excluding hydrogens is 264 g/mol. The lowest BCUT2D eigenvalue weighted by Crippen LogP contribution is -2.56. The first-order valence-electron chi connectivity index (χ1n) is 7.68. The number of rotatable bonds is 5. The van der Waals surface area contributed by atoms with E-state index in [4.69, 9.17) is 0 Å². The summed E-state index contributed by atoms with van der Waals surface area (Å²) in [6.45, 7) is 6.48. The molecular formula is C17H24N2O2. The summed E-state index contributed by atoms with van der Waals surface area (Å²) in [4.78, 5) is 26.4. The number of amides is 2. The summed E-state index contributed by atoms with van der Waals surface area (Å²) in [7, 11) is 0. The molecule has 0 bridgehead atoms. The summed E-state index contributed by atoms with van der Waals surface area (Å²) in [5.74, 6) is 0.449. The van der Waals surface area contributed by atoms with Crippen molar-refractivity contribution in [3.63, 3.8) is 0 Å². The first-order chi connectivity index (χ1) is 10.0. The quantitative estimate of drug-likeness (QED) is 0.905. The van der Waals surface area contributed by atoms with E-state index in [1.54, 1.807) is 4.90 Å². The summed E-state index contributed by atoms with van der Waals surface area (Å²) in [5, 5.41) is 2.70. The van der Waals surface area contributed by atoms with Gasteiger partial charge in [0.15, 0.2) is 0 Å². The van der Waals surface area contributed by atoms with Crippen molar-refractivity contribution in [1.82, 2.24) is 10.2 Å². The number of carbonyl (C=O) groups is 2. The molecule has 114 valence electrons. The van der Waals surface area contributed by atoms with Gasteiger partial charge in [0.2, 0.25) is 11.8 Å². The average Bonchev–Trinajstić information content (AvgIpc) is 2.49. The second kappa shape index (κ2) is 6.74. The molecule has 1 aliphatic heterocycles. The molecule has 2 amide bonds. The summed E-state index contributed by atoms with van der Waals surface area (Å²) in [5.41, 5.74) is 0.874. The van der Waals surface area contributed by atoms with E-state index in [1.165, 1.54) is 0 Å². The molecule has 1 fully saturated rings. The van der Waals surface area contributed by atoms with E-state index in [1.807, 2.05) is 37.3 Å². The fraction of sp³-hybridized carbons (Fsp3) is 0.529. The van der Waals surface area contributed by atoms with Crippen LogP contribution in [0.4, 0.5) is 0 Å². The molecule has 1 aliphatic rings. The summed E-state index contributed by atoms with van der Waals surface area (Å²) >= 11 is 0. The van der Waals surface area contributed by atoms with Gasteiger partial charge in [-0.1, -0.05) is 50.6 Å². The van der Waals surface area contributed by atoms with E-state index in [0.29, 0.717) is 5.92 Å². The Balaban J connectivity index is 2.28. The Bertz CT molecular complexity index is 501. The Kier molecular flexibility index (Phi) is 4.99. The van der Waals surface area contributed by atoms with Gasteiger partial charge in [-0.15, -0.1) is 0 Å². The maximum absolute atomic E-state index is 12.3. The van der Waals surface area contributed by atoms with Crippen molar-refractivity contribution < 1.29 is 9.59 Å². The molecule has 2 rings (SSSR count). The third-order valence-electron chi connectivity index (χ3n) is 4.26. The summed E-state index contributed by atoms with van der Waals surface area (Å²) in [6, 6.07) is 9.09. The fourth-order valence-electron chi connectivity index (χ4n) is 2.93. The molecule has 3 unspecified atom stereocenters. The molecule has 1 heterocycles. The fourth-order valence-corrected chi connectivity index (χ4v) is 2.93. The van der Waals surface area contributed by atoms with Crippen LogP contribution in [0.3, 0.4) is 0 Å². The van der Waals surface area contributed by atoms with Gasteiger partial charge in [-0.3, -0.25) is 9.59 Å². The minimum Gasteiger partial charge on any atom is -0.345 e. The SMILES string of the molecule is CCC(C)CC(C)N1C(=O)CNC(=O)C1c1ccccc1. The lowest BCUT2D eigenvalue weighted by Gasteiger charge is -2.40. The Morgan fingerprint density at radius 1 is 1.24 bits per heavy atom. The summed E-state index contributed by atoms with van der Waals surface area (Å²) in [6.07, 6.45) is 1.99. The Morgan fingerprint density at radius 2 is 1.90 bits per heavy atom. The molecule has 1 aromatic carbocycles. The number of hydrogen-bond acceptors (Lipinski definition) is 2.